The van der Waals surface area contributed by atoms with Gasteiger partial charge in [0.25, 0.3) is 0 Å². The summed E-state index contributed by atoms with van der Waals surface area (Å²) >= 11 is 1.79. The summed E-state index contributed by atoms with van der Waals surface area (Å²) in [6.45, 7) is 7.24. The van der Waals surface area contributed by atoms with Crippen LogP contribution in [0.3, 0.4) is 0 Å². The van der Waals surface area contributed by atoms with E-state index in [0.717, 1.165) is 19.4 Å². The molecule has 1 fully saturated rings. The van der Waals surface area contributed by atoms with Crippen molar-refractivity contribution in [2.24, 2.45) is 0 Å². The summed E-state index contributed by atoms with van der Waals surface area (Å²) in [5.74, 6) is 0.137. The van der Waals surface area contributed by atoms with E-state index in [-0.39, 0.29) is 18.0 Å². The molecule has 0 spiro atoms. The van der Waals surface area contributed by atoms with Crippen LogP contribution in [-0.2, 0) is 4.79 Å². The van der Waals surface area contributed by atoms with Crippen molar-refractivity contribution in [3.63, 3.8) is 0 Å². The van der Waals surface area contributed by atoms with E-state index in [1.807, 2.05) is 0 Å². The van der Waals surface area contributed by atoms with Crippen LogP contribution < -0.4 is 10.6 Å². The second kappa shape index (κ2) is 5.19. The number of hydrogen-bond donors (Lipinski definition) is 2. The minimum Gasteiger partial charge on any atom is -0.348 e. The Bertz CT molecular complexity index is 408. The van der Waals surface area contributed by atoms with Gasteiger partial charge in [-0.25, -0.2) is 0 Å². The maximum atomic E-state index is 12.0. The maximum Gasteiger partial charge on any atom is 0.237 e. The predicted molar refractivity (Wildman–Crippen MR) is 71.4 cm³/mol. The van der Waals surface area contributed by atoms with Gasteiger partial charge in [0, 0.05) is 9.75 Å². The number of thiophene rings is 1. The summed E-state index contributed by atoms with van der Waals surface area (Å²) in [5.41, 5.74) is 1.25. The third-order valence-corrected chi connectivity index (χ3v) is 4.26. The average Bonchev–Trinajstić information content (AvgIpc) is 2.87. The monoisotopic (exact) mass is 252 g/mol. The molecule has 0 bridgehead atoms. The van der Waals surface area contributed by atoms with Crippen LogP contribution >= 0.6 is 11.3 Å². The molecule has 94 valence electrons. The minimum absolute atomic E-state index is 0.0116. The van der Waals surface area contributed by atoms with Gasteiger partial charge in [0.1, 0.15) is 0 Å². The van der Waals surface area contributed by atoms with Crippen molar-refractivity contribution >= 4 is 17.2 Å². The molecule has 1 aliphatic heterocycles. The number of amides is 1. The van der Waals surface area contributed by atoms with Crippen molar-refractivity contribution in [2.45, 2.75) is 45.7 Å². The first-order valence-corrected chi connectivity index (χ1v) is 7.00. The highest BCUT2D eigenvalue weighted by atomic mass is 32.1. The highest BCUT2D eigenvalue weighted by molar-refractivity contribution is 7.12. The zero-order chi connectivity index (χ0) is 12.4. The Morgan fingerprint density at radius 3 is 2.88 bits per heavy atom. The summed E-state index contributed by atoms with van der Waals surface area (Å²) in [6, 6.07) is 2.29. The van der Waals surface area contributed by atoms with Crippen molar-refractivity contribution < 1.29 is 4.79 Å². The van der Waals surface area contributed by atoms with E-state index in [4.69, 9.17) is 0 Å². The second-order valence-corrected chi connectivity index (χ2v) is 6.21. The van der Waals surface area contributed by atoms with Gasteiger partial charge in [0.05, 0.1) is 12.1 Å². The highest BCUT2D eigenvalue weighted by Gasteiger charge is 2.23. The summed E-state index contributed by atoms with van der Waals surface area (Å²) < 4.78 is 0. The summed E-state index contributed by atoms with van der Waals surface area (Å²) in [4.78, 5) is 14.6. The normalized spacial score (nSPS) is 21.5. The van der Waals surface area contributed by atoms with Gasteiger partial charge in [-0.1, -0.05) is 0 Å². The molecule has 1 aromatic heterocycles. The largest absolute Gasteiger partial charge is 0.348 e. The molecule has 2 N–H and O–H groups in total. The van der Waals surface area contributed by atoms with E-state index < -0.39 is 0 Å². The molecule has 0 saturated carbocycles. The lowest BCUT2D eigenvalue weighted by Gasteiger charge is -2.17. The lowest BCUT2D eigenvalue weighted by molar-refractivity contribution is -0.123. The molecule has 2 rings (SSSR count). The Labute approximate surface area is 107 Å². The lowest BCUT2D eigenvalue weighted by Crippen LogP contribution is -2.41. The van der Waals surface area contributed by atoms with Gasteiger partial charge in [-0.3, -0.25) is 4.79 Å². The van der Waals surface area contributed by atoms with E-state index in [0.29, 0.717) is 0 Å². The molecular formula is C13H20N2OS. The third kappa shape index (κ3) is 2.87. The van der Waals surface area contributed by atoms with Crippen LogP contribution in [0.15, 0.2) is 6.07 Å². The highest BCUT2D eigenvalue weighted by Crippen LogP contribution is 2.26. The van der Waals surface area contributed by atoms with Crippen LogP contribution in [0.25, 0.3) is 0 Å². The van der Waals surface area contributed by atoms with Crippen molar-refractivity contribution in [3.8, 4) is 0 Å². The first kappa shape index (κ1) is 12.6. The Hall–Kier alpha value is -0.870. The topological polar surface area (TPSA) is 41.1 Å². The van der Waals surface area contributed by atoms with Gasteiger partial charge >= 0.3 is 0 Å². The van der Waals surface area contributed by atoms with Crippen LogP contribution in [0.4, 0.5) is 0 Å². The van der Waals surface area contributed by atoms with Gasteiger partial charge in [-0.15, -0.1) is 11.3 Å². The van der Waals surface area contributed by atoms with Crippen molar-refractivity contribution in [3.05, 3.63) is 21.4 Å². The first-order valence-electron chi connectivity index (χ1n) is 6.18. The molecular weight excluding hydrogens is 232 g/mol. The SMILES string of the molecule is Cc1cc(C(C)NC(=O)[C@H]2CCCN2)c(C)s1. The molecule has 1 saturated heterocycles. The van der Waals surface area contributed by atoms with E-state index in [9.17, 15) is 4.79 Å². The van der Waals surface area contributed by atoms with E-state index in [1.54, 1.807) is 11.3 Å². The Kier molecular flexibility index (Phi) is 3.84. The molecule has 1 unspecified atom stereocenters. The minimum atomic E-state index is 0.0116. The number of carbonyl (C=O) groups is 1. The molecule has 0 aliphatic carbocycles. The molecule has 4 heteroatoms. The number of nitrogens with one attached hydrogen (secondary N) is 2. The Morgan fingerprint density at radius 2 is 2.35 bits per heavy atom. The summed E-state index contributed by atoms with van der Waals surface area (Å²) in [6.07, 6.45) is 2.06. The molecule has 1 aliphatic rings. The van der Waals surface area contributed by atoms with Crippen LogP contribution in [0.5, 0.6) is 0 Å². The first-order chi connectivity index (χ1) is 8.08. The van der Waals surface area contributed by atoms with E-state index in [1.165, 1.54) is 15.3 Å². The van der Waals surface area contributed by atoms with E-state index in [2.05, 4.69) is 37.5 Å². The lowest BCUT2D eigenvalue weighted by atomic mass is 10.1. The number of carbonyl (C=O) groups excluding carboxylic acids is 1. The molecule has 3 nitrogen and oxygen atoms in total. The second-order valence-electron chi connectivity index (χ2n) is 4.75. The van der Waals surface area contributed by atoms with Gasteiger partial charge in [0.15, 0.2) is 0 Å². The van der Waals surface area contributed by atoms with Crippen molar-refractivity contribution in [2.75, 3.05) is 6.54 Å². The molecule has 1 amide bonds. The fourth-order valence-electron chi connectivity index (χ4n) is 2.38. The van der Waals surface area contributed by atoms with Gasteiger partial charge in [-0.2, -0.15) is 0 Å². The molecule has 1 aromatic rings. The number of aryl methyl sites for hydroxylation is 2. The van der Waals surface area contributed by atoms with Crippen LogP contribution in [0.2, 0.25) is 0 Å². The average molecular weight is 252 g/mol. The smallest absolute Gasteiger partial charge is 0.237 e. The predicted octanol–water partition coefficient (Wildman–Crippen LogP) is 2.29. The van der Waals surface area contributed by atoms with Crippen LogP contribution in [0.1, 0.15) is 41.1 Å². The summed E-state index contributed by atoms with van der Waals surface area (Å²) in [7, 11) is 0. The number of rotatable bonds is 3. The Balaban J connectivity index is 1.98. The number of hydrogen-bond acceptors (Lipinski definition) is 3. The van der Waals surface area contributed by atoms with Gasteiger partial charge in [-0.05, 0) is 51.8 Å². The zero-order valence-corrected chi connectivity index (χ0v) is 11.5. The molecule has 0 aromatic carbocycles. The fraction of sp³-hybridized carbons (Fsp3) is 0.615. The molecule has 2 heterocycles. The summed E-state index contributed by atoms with van der Waals surface area (Å²) in [5, 5.41) is 6.32. The molecule has 17 heavy (non-hydrogen) atoms. The zero-order valence-electron chi connectivity index (χ0n) is 10.7. The standard InChI is InChI=1S/C13H20N2OS/c1-8-7-11(10(3)17-8)9(2)15-13(16)12-5-4-6-14-12/h7,9,12,14H,4-6H2,1-3H3,(H,15,16)/t9?,12-/m1/s1. The third-order valence-electron chi connectivity index (χ3n) is 3.28. The van der Waals surface area contributed by atoms with Gasteiger partial charge in [0.2, 0.25) is 5.91 Å². The van der Waals surface area contributed by atoms with Crippen molar-refractivity contribution in [1.82, 2.24) is 10.6 Å². The molecule has 0 radical (unpaired) electrons. The van der Waals surface area contributed by atoms with Gasteiger partial charge < -0.3 is 10.6 Å². The Morgan fingerprint density at radius 1 is 1.59 bits per heavy atom. The quantitative estimate of drug-likeness (QED) is 0.866. The maximum absolute atomic E-state index is 12.0. The van der Waals surface area contributed by atoms with Crippen LogP contribution in [-0.4, -0.2) is 18.5 Å². The van der Waals surface area contributed by atoms with Crippen LogP contribution in [0, 0.1) is 13.8 Å². The van der Waals surface area contributed by atoms with Crippen molar-refractivity contribution in [1.29, 1.82) is 0 Å². The fourth-order valence-corrected chi connectivity index (χ4v) is 3.40. The molecule has 2 atom stereocenters. The van der Waals surface area contributed by atoms with E-state index >= 15 is 0 Å².